The molecule has 0 bridgehead atoms. The summed E-state index contributed by atoms with van der Waals surface area (Å²) < 4.78 is 5.27. The van der Waals surface area contributed by atoms with Crippen LogP contribution in [0.15, 0.2) is 23.3 Å². The number of esters is 1. The van der Waals surface area contributed by atoms with Gasteiger partial charge in [0.2, 0.25) is 0 Å². The van der Waals surface area contributed by atoms with Crippen molar-refractivity contribution in [3.05, 3.63) is 45.0 Å². The Morgan fingerprint density at radius 2 is 1.75 bits per heavy atom. The average Bonchev–Trinajstić information content (AvgIpc) is 2.49. The third kappa shape index (κ3) is 5.41. The molecule has 0 spiro atoms. The zero-order chi connectivity index (χ0) is 18.4. The van der Waals surface area contributed by atoms with Crippen LogP contribution in [0.2, 0.25) is 5.02 Å². The van der Waals surface area contributed by atoms with Gasteiger partial charge in [-0.1, -0.05) is 34.9 Å². The molecule has 0 aromatic heterocycles. The summed E-state index contributed by atoms with van der Waals surface area (Å²) in [5.41, 5.74) is 4.51. The zero-order valence-corrected chi connectivity index (χ0v) is 16.2. The molecule has 0 saturated heterocycles. The Balaban J connectivity index is 3.13. The Hall–Kier alpha value is -1.74. The number of hydrogen-bond donors (Lipinski definition) is 1. The number of phenolic OH excluding ortho intramolecular Hbond substituents is 1. The summed E-state index contributed by atoms with van der Waals surface area (Å²) in [4.78, 5) is 11.4. The first-order valence-electron chi connectivity index (χ1n) is 8.13. The van der Waals surface area contributed by atoms with Gasteiger partial charge in [0.15, 0.2) is 5.75 Å². The molecule has 0 unspecified atom stereocenters. The van der Waals surface area contributed by atoms with Gasteiger partial charge in [-0.2, -0.15) is 0 Å². The highest BCUT2D eigenvalue weighted by atomic mass is 35.5. The lowest BCUT2D eigenvalue weighted by Gasteiger charge is -2.16. The highest BCUT2D eigenvalue weighted by molar-refractivity contribution is 6.33. The molecule has 24 heavy (non-hydrogen) atoms. The molecule has 0 aliphatic rings. The molecule has 1 aromatic carbocycles. The minimum absolute atomic E-state index is 0.140. The van der Waals surface area contributed by atoms with E-state index in [9.17, 15) is 9.90 Å². The molecule has 0 aliphatic heterocycles. The van der Waals surface area contributed by atoms with Crippen molar-refractivity contribution in [3.8, 4) is 11.5 Å². The van der Waals surface area contributed by atoms with Crippen molar-refractivity contribution in [2.45, 2.75) is 60.8 Å². The number of benzene rings is 1. The molecule has 1 rings (SSSR count). The van der Waals surface area contributed by atoms with Gasteiger partial charge in [-0.05, 0) is 65.0 Å². The van der Waals surface area contributed by atoms with Gasteiger partial charge in [-0.3, -0.25) is 4.79 Å². The van der Waals surface area contributed by atoms with Crippen molar-refractivity contribution in [1.82, 2.24) is 0 Å². The predicted molar refractivity (Wildman–Crippen MR) is 100 cm³/mol. The molecule has 0 heterocycles. The van der Waals surface area contributed by atoms with E-state index in [1.54, 1.807) is 6.92 Å². The average molecular weight is 351 g/mol. The maximum Gasteiger partial charge on any atom is 0.308 e. The Labute approximate surface area is 150 Å². The number of halogens is 1. The monoisotopic (exact) mass is 350 g/mol. The molecule has 0 aliphatic carbocycles. The summed E-state index contributed by atoms with van der Waals surface area (Å²) in [5.74, 6) is -0.0512. The molecule has 0 radical (unpaired) electrons. The Bertz CT molecular complexity index is 681. The van der Waals surface area contributed by atoms with Crippen LogP contribution >= 0.6 is 11.6 Å². The fourth-order valence-electron chi connectivity index (χ4n) is 2.39. The van der Waals surface area contributed by atoms with Crippen molar-refractivity contribution >= 4 is 17.6 Å². The van der Waals surface area contributed by atoms with Gasteiger partial charge < -0.3 is 9.84 Å². The maximum atomic E-state index is 11.4. The minimum Gasteiger partial charge on any atom is -0.507 e. The van der Waals surface area contributed by atoms with E-state index >= 15 is 0 Å². The molecule has 1 N–H and O–H groups in total. The summed E-state index contributed by atoms with van der Waals surface area (Å²) in [5, 5.41) is 10.9. The number of phenols is 1. The van der Waals surface area contributed by atoms with Crippen LogP contribution in [0.25, 0.3) is 0 Å². The van der Waals surface area contributed by atoms with Gasteiger partial charge >= 0.3 is 5.97 Å². The van der Waals surface area contributed by atoms with E-state index < -0.39 is 5.97 Å². The molecule has 0 atom stereocenters. The third-order valence-corrected chi connectivity index (χ3v) is 4.45. The van der Waals surface area contributed by atoms with E-state index in [-0.39, 0.29) is 11.5 Å². The SMILES string of the molecule is CC(=O)Oc1c(Cl)c(C)c(C)c(O)c1C/C=C(\C)CCC=C(C)C. The van der Waals surface area contributed by atoms with Gasteiger partial charge in [0.05, 0.1) is 5.02 Å². The van der Waals surface area contributed by atoms with Crippen LogP contribution in [0.5, 0.6) is 11.5 Å². The summed E-state index contributed by atoms with van der Waals surface area (Å²) in [6, 6.07) is 0. The van der Waals surface area contributed by atoms with Gasteiger partial charge in [-0.25, -0.2) is 0 Å². The lowest BCUT2D eigenvalue weighted by Crippen LogP contribution is -2.06. The molecule has 0 fully saturated rings. The Morgan fingerprint density at radius 1 is 1.12 bits per heavy atom. The van der Waals surface area contributed by atoms with Crippen molar-refractivity contribution in [1.29, 1.82) is 0 Å². The van der Waals surface area contributed by atoms with Crippen molar-refractivity contribution in [2.24, 2.45) is 0 Å². The van der Waals surface area contributed by atoms with Gasteiger partial charge in [0, 0.05) is 12.5 Å². The normalized spacial score (nSPS) is 11.4. The van der Waals surface area contributed by atoms with E-state index in [1.165, 1.54) is 18.1 Å². The molecule has 4 heteroatoms. The topological polar surface area (TPSA) is 46.5 Å². The largest absolute Gasteiger partial charge is 0.507 e. The number of carbonyl (C=O) groups is 1. The van der Waals surface area contributed by atoms with E-state index in [1.807, 2.05) is 13.0 Å². The second-order valence-corrected chi connectivity index (χ2v) is 6.77. The van der Waals surface area contributed by atoms with E-state index in [4.69, 9.17) is 16.3 Å². The predicted octanol–water partition coefficient (Wildman–Crippen LogP) is 5.82. The first-order chi connectivity index (χ1) is 11.1. The van der Waals surface area contributed by atoms with E-state index in [0.29, 0.717) is 22.6 Å². The summed E-state index contributed by atoms with van der Waals surface area (Å²) in [6.07, 6.45) is 6.66. The number of rotatable bonds is 6. The standard InChI is InChI=1S/C20H27ClO3/c1-12(2)8-7-9-13(3)10-11-17-19(23)15(5)14(4)18(21)20(17)24-16(6)22/h8,10,23H,7,9,11H2,1-6H3/b13-10+. The minimum atomic E-state index is -0.454. The molecule has 0 saturated carbocycles. The highest BCUT2D eigenvalue weighted by Gasteiger charge is 2.20. The number of ether oxygens (including phenoxy) is 1. The fourth-order valence-corrected chi connectivity index (χ4v) is 2.68. The first-order valence-corrected chi connectivity index (χ1v) is 8.50. The number of carbonyl (C=O) groups excluding carboxylic acids is 1. The maximum absolute atomic E-state index is 11.4. The van der Waals surface area contributed by atoms with Crippen LogP contribution in [-0.4, -0.2) is 11.1 Å². The highest BCUT2D eigenvalue weighted by Crippen LogP contribution is 2.41. The van der Waals surface area contributed by atoms with Crippen LogP contribution in [0.1, 0.15) is 57.2 Å². The Morgan fingerprint density at radius 3 is 2.29 bits per heavy atom. The summed E-state index contributed by atoms with van der Waals surface area (Å²) in [6.45, 7) is 11.2. The lowest BCUT2D eigenvalue weighted by molar-refractivity contribution is -0.131. The molecule has 1 aromatic rings. The number of hydrogen-bond acceptors (Lipinski definition) is 3. The zero-order valence-electron chi connectivity index (χ0n) is 15.4. The third-order valence-electron chi connectivity index (χ3n) is 4.00. The molecular weight excluding hydrogens is 324 g/mol. The number of aromatic hydroxyl groups is 1. The molecule has 132 valence electrons. The second-order valence-electron chi connectivity index (χ2n) is 6.39. The molecule has 0 amide bonds. The van der Waals surface area contributed by atoms with Crippen LogP contribution in [0.3, 0.4) is 0 Å². The van der Waals surface area contributed by atoms with Crippen LogP contribution in [-0.2, 0) is 11.2 Å². The van der Waals surface area contributed by atoms with Crippen molar-refractivity contribution in [2.75, 3.05) is 0 Å². The smallest absolute Gasteiger partial charge is 0.308 e. The second kappa shape index (κ2) is 8.93. The van der Waals surface area contributed by atoms with Crippen LogP contribution in [0, 0.1) is 13.8 Å². The van der Waals surface area contributed by atoms with E-state index in [0.717, 1.165) is 18.4 Å². The Kier molecular flexibility index (Phi) is 7.56. The fraction of sp³-hybridized carbons (Fsp3) is 0.450. The summed E-state index contributed by atoms with van der Waals surface area (Å²) in [7, 11) is 0. The quantitative estimate of drug-likeness (QED) is 0.399. The molecule has 3 nitrogen and oxygen atoms in total. The van der Waals surface area contributed by atoms with Crippen molar-refractivity contribution < 1.29 is 14.6 Å². The summed E-state index contributed by atoms with van der Waals surface area (Å²) >= 11 is 6.34. The van der Waals surface area contributed by atoms with Gasteiger partial charge in [-0.15, -0.1) is 0 Å². The van der Waals surface area contributed by atoms with Crippen molar-refractivity contribution in [3.63, 3.8) is 0 Å². The number of allylic oxidation sites excluding steroid dienone is 4. The molecular formula is C20H27ClO3. The van der Waals surface area contributed by atoms with Crippen LogP contribution in [0.4, 0.5) is 0 Å². The van der Waals surface area contributed by atoms with Crippen LogP contribution < -0.4 is 4.74 Å². The first kappa shape index (κ1) is 20.3. The van der Waals surface area contributed by atoms with E-state index in [2.05, 4.69) is 26.8 Å². The van der Waals surface area contributed by atoms with Gasteiger partial charge in [0.25, 0.3) is 0 Å². The lowest BCUT2D eigenvalue weighted by atomic mass is 9.99. The van der Waals surface area contributed by atoms with Gasteiger partial charge in [0.1, 0.15) is 5.75 Å².